The summed E-state index contributed by atoms with van der Waals surface area (Å²) in [6.07, 6.45) is 5.29. The lowest BCUT2D eigenvalue weighted by Gasteiger charge is -2.11. The molecular weight excluding hydrogens is 270 g/mol. The van der Waals surface area contributed by atoms with Gasteiger partial charge in [0.2, 0.25) is 0 Å². The molecular formula is C16H17NO2S. The minimum absolute atomic E-state index is 0.137. The molecule has 3 nitrogen and oxygen atoms in total. The van der Waals surface area contributed by atoms with E-state index in [1.54, 1.807) is 17.8 Å². The second kappa shape index (κ2) is 5.83. The first kappa shape index (κ1) is 13.4. The molecule has 1 N–H and O–H groups in total. The fourth-order valence-electron chi connectivity index (χ4n) is 2.76. The molecule has 0 radical (unpaired) electrons. The molecule has 2 aromatic rings. The van der Waals surface area contributed by atoms with Gasteiger partial charge in [-0.05, 0) is 30.9 Å². The summed E-state index contributed by atoms with van der Waals surface area (Å²) < 4.78 is 0. The molecule has 1 aliphatic rings. The molecule has 0 saturated heterocycles. The maximum Gasteiger partial charge on any atom is 0.354 e. The molecule has 1 saturated carbocycles. The SMILES string of the molecule is O=C(O)c1cc(SCC2CCCC2)c2ccccc2n1. The zero-order valence-corrected chi connectivity index (χ0v) is 12.0. The highest BCUT2D eigenvalue weighted by molar-refractivity contribution is 7.99. The van der Waals surface area contributed by atoms with Crippen molar-refractivity contribution in [1.82, 2.24) is 4.98 Å². The first-order chi connectivity index (χ1) is 9.74. The van der Waals surface area contributed by atoms with Crippen molar-refractivity contribution < 1.29 is 9.90 Å². The topological polar surface area (TPSA) is 50.2 Å². The predicted molar refractivity (Wildman–Crippen MR) is 81.4 cm³/mol. The van der Waals surface area contributed by atoms with Crippen LogP contribution < -0.4 is 0 Å². The van der Waals surface area contributed by atoms with Gasteiger partial charge in [0.1, 0.15) is 5.69 Å². The number of para-hydroxylation sites is 1. The lowest BCUT2D eigenvalue weighted by molar-refractivity contribution is 0.0690. The average Bonchev–Trinajstić information content (AvgIpc) is 2.97. The van der Waals surface area contributed by atoms with Crippen molar-refractivity contribution in [2.24, 2.45) is 5.92 Å². The quantitative estimate of drug-likeness (QED) is 0.856. The van der Waals surface area contributed by atoms with Gasteiger partial charge in [0, 0.05) is 16.0 Å². The van der Waals surface area contributed by atoms with Crippen LogP contribution in [0.3, 0.4) is 0 Å². The molecule has 1 aromatic heterocycles. The number of thioether (sulfide) groups is 1. The molecule has 20 heavy (non-hydrogen) atoms. The van der Waals surface area contributed by atoms with Gasteiger partial charge < -0.3 is 5.11 Å². The zero-order chi connectivity index (χ0) is 13.9. The van der Waals surface area contributed by atoms with Crippen LogP contribution in [-0.2, 0) is 0 Å². The van der Waals surface area contributed by atoms with Crippen LogP contribution in [0.1, 0.15) is 36.2 Å². The molecule has 1 fully saturated rings. The molecule has 0 spiro atoms. The number of aromatic nitrogens is 1. The van der Waals surface area contributed by atoms with E-state index >= 15 is 0 Å². The Labute approximate surface area is 122 Å². The summed E-state index contributed by atoms with van der Waals surface area (Å²) >= 11 is 1.78. The maximum absolute atomic E-state index is 11.2. The van der Waals surface area contributed by atoms with Crippen LogP contribution in [0.5, 0.6) is 0 Å². The number of aromatic carboxylic acids is 1. The van der Waals surface area contributed by atoms with Crippen LogP contribution in [0.4, 0.5) is 0 Å². The van der Waals surface area contributed by atoms with Gasteiger partial charge in [-0.3, -0.25) is 0 Å². The molecule has 3 rings (SSSR count). The molecule has 4 heteroatoms. The Morgan fingerprint density at radius 1 is 1.30 bits per heavy atom. The molecule has 0 atom stereocenters. The van der Waals surface area contributed by atoms with Crippen LogP contribution in [-0.4, -0.2) is 21.8 Å². The van der Waals surface area contributed by atoms with Crippen molar-refractivity contribution in [1.29, 1.82) is 0 Å². The number of nitrogens with zero attached hydrogens (tertiary/aromatic N) is 1. The van der Waals surface area contributed by atoms with Crippen molar-refractivity contribution >= 4 is 28.6 Å². The number of hydrogen-bond acceptors (Lipinski definition) is 3. The minimum atomic E-state index is -0.960. The standard InChI is InChI=1S/C16H17NO2S/c18-16(19)14-9-15(20-10-11-5-1-2-6-11)12-7-3-4-8-13(12)17-14/h3-4,7-9,11H,1-2,5-6,10H2,(H,18,19). The van der Waals surface area contributed by atoms with Crippen LogP contribution in [0.25, 0.3) is 10.9 Å². The summed E-state index contributed by atoms with van der Waals surface area (Å²) in [6.45, 7) is 0. The van der Waals surface area contributed by atoms with Gasteiger partial charge in [-0.1, -0.05) is 31.0 Å². The molecule has 1 aliphatic carbocycles. The Morgan fingerprint density at radius 2 is 2.05 bits per heavy atom. The predicted octanol–water partition coefficient (Wildman–Crippen LogP) is 4.22. The van der Waals surface area contributed by atoms with E-state index in [9.17, 15) is 9.90 Å². The normalized spacial score (nSPS) is 15.8. The van der Waals surface area contributed by atoms with E-state index in [1.807, 2.05) is 24.3 Å². The Bertz CT molecular complexity index is 635. The summed E-state index contributed by atoms with van der Waals surface area (Å²) in [5.41, 5.74) is 0.902. The number of rotatable bonds is 4. The first-order valence-electron chi connectivity index (χ1n) is 7.00. The van der Waals surface area contributed by atoms with Crippen molar-refractivity contribution in [2.45, 2.75) is 30.6 Å². The molecule has 0 aliphatic heterocycles. The van der Waals surface area contributed by atoms with Crippen LogP contribution >= 0.6 is 11.8 Å². The average molecular weight is 287 g/mol. The van der Waals surface area contributed by atoms with E-state index in [4.69, 9.17) is 0 Å². The molecule has 104 valence electrons. The van der Waals surface area contributed by atoms with Gasteiger partial charge in [0.05, 0.1) is 5.52 Å². The second-order valence-electron chi connectivity index (χ2n) is 5.29. The smallest absolute Gasteiger partial charge is 0.354 e. The van der Waals surface area contributed by atoms with Gasteiger partial charge in [-0.2, -0.15) is 0 Å². The van der Waals surface area contributed by atoms with E-state index in [-0.39, 0.29) is 5.69 Å². The van der Waals surface area contributed by atoms with Gasteiger partial charge in [-0.15, -0.1) is 11.8 Å². The zero-order valence-electron chi connectivity index (χ0n) is 11.2. The van der Waals surface area contributed by atoms with Gasteiger partial charge in [0.25, 0.3) is 0 Å². The minimum Gasteiger partial charge on any atom is -0.477 e. The van der Waals surface area contributed by atoms with Crippen LogP contribution in [0, 0.1) is 5.92 Å². The van der Waals surface area contributed by atoms with Crippen molar-refractivity contribution in [3.05, 3.63) is 36.0 Å². The van der Waals surface area contributed by atoms with E-state index < -0.39 is 5.97 Å². The lowest BCUT2D eigenvalue weighted by atomic mass is 10.1. The van der Waals surface area contributed by atoms with E-state index in [0.29, 0.717) is 0 Å². The number of fused-ring (bicyclic) bond motifs is 1. The van der Waals surface area contributed by atoms with Gasteiger partial charge in [-0.25, -0.2) is 9.78 Å². The third-order valence-electron chi connectivity index (χ3n) is 3.85. The van der Waals surface area contributed by atoms with Crippen molar-refractivity contribution in [3.63, 3.8) is 0 Å². The molecule has 0 bridgehead atoms. The summed E-state index contributed by atoms with van der Waals surface area (Å²) in [5.74, 6) is 0.895. The number of carbonyl (C=O) groups is 1. The Kier molecular flexibility index (Phi) is 3.92. The fourth-order valence-corrected chi connectivity index (χ4v) is 4.03. The number of carboxylic acids is 1. The third kappa shape index (κ3) is 2.80. The number of hydrogen-bond donors (Lipinski definition) is 1. The van der Waals surface area contributed by atoms with Gasteiger partial charge in [0.15, 0.2) is 0 Å². The largest absolute Gasteiger partial charge is 0.477 e. The summed E-state index contributed by atoms with van der Waals surface area (Å²) in [4.78, 5) is 16.4. The summed E-state index contributed by atoms with van der Waals surface area (Å²) in [6, 6.07) is 9.48. The van der Waals surface area contributed by atoms with Gasteiger partial charge >= 0.3 is 5.97 Å². The number of carboxylic acid groups (broad SMARTS) is 1. The monoisotopic (exact) mass is 287 g/mol. The summed E-state index contributed by atoms with van der Waals surface area (Å²) in [5, 5.41) is 10.2. The number of benzene rings is 1. The molecule has 0 amide bonds. The highest BCUT2D eigenvalue weighted by atomic mass is 32.2. The highest BCUT2D eigenvalue weighted by Gasteiger charge is 2.17. The molecule has 1 aromatic carbocycles. The number of pyridine rings is 1. The van der Waals surface area contributed by atoms with E-state index in [2.05, 4.69) is 4.98 Å². The van der Waals surface area contributed by atoms with Crippen molar-refractivity contribution in [2.75, 3.05) is 5.75 Å². The lowest BCUT2D eigenvalue weighted by Crippen LogP contribution is -2.02. The third-order valence-corrected chi connectivity index (χ3v) is 5.13. The van der Waals surface area contributed by atoms with Crippen LogP contribution in [0.2, 0.25) is 0 Å². The highest BCUT2D eigenvalue weighted by Crippen LogP contribution is 2.34. The Morgan fingerprint density at radius 3 is 2.80 bits per heavy atom. The van der Waals surface area contributed by atoms with Crippen molar-refractivity contribution in [3.8, 4) is 0 Å². The molecule has 1 heterocycles. The van der Waals surface area contributed by atoms with E-state index in [0.717, 1.165) is 27.5 Å². The van der Waals surface area contributed by atoms with Crippen LogP contribution in [0.15, 0.2) is 35.2 Å². The Balaban J connectivity index is 1.92. The van der Waals surface area contributed by atoms with E-state index in [1.165, 1.54) is 25.7 Å². The summed E-state index contributed by atoms with van der Waals surface area (Å²) in [7, 11) is 0. The maximum atomic E-state index is 11.2. The Hall–Kier alpha value is -1.55. The molecule has 0 unspecified atom stereocenters. The second-order valence-corrected chi connectivity index (χ2v) is 6.35. The fraction of sp³-hybridized carbons (Fsp3) is 0.375. The first-order valence-corrected chi connectivity index (χ1v) is 7.98.